The first-order valence-corrected chi connectivity index (χ1v) is 9.75. The van der Waals surface area contributed by atoms with Gasteiger partial charge in [0.05, 0.1) is 11.4 Å². The number of fused-ring (bicyclic) bond motifs is 1. The van der Waals surface area contributed by atoms with Crippen LogP contribution in [0.15, 0.2) is 18.2 Å². The van der Waals surface area contributed by atoms with Crippen molar-refractivity contribution in [3.8, 4) is 5.69 Å². The number of sulfonamides is 1. The second-order valence-corrected chi connectivity index (χ2v) is 8.02. The van der Waals surface area contributed by atoms with E-state index in [1.165, 1.54) is 12.1 Å². The summed E-state index contributed by atoms with van der Waals surface area (Å²) < 4.78 is 77.1. The molecule has 1 aromatic heterocycles. The summed E-state index contributed by atoms with van der Waals surface area (Å²) in [5.41, 5.74) is -0.0102. The fourth-order valence-corrected chi connectivity index (χ4v) is 3.67. The molecule has 1 aromatic carbocycles. The van der Waals surface area contributed by atoms with Crippen molar-refractivity contribution < 1.29 is 26.0 Å². The van der Waals surface area contributed by atoms with Gasteiger partial charge >= 0.3 is 6.18 Å². The van der Waals surface area contributed by atoms with Crippen molar-refractivity contribution in [3.05, 3.63) is 46.5 Å². The third-order valence-electron chi connectivity index (χ3n) is 4.39. The number of rotatable bonds is 4. The molecule has 5 nitrogen and oxygen atoms in total. The number of hydrogen-bond acceptors (Lipinski definition) is 3. The van der Waals surface area contributed by atoms with E-state index in [2.05, 4.69) is 5.10 Å². The van der Waals surface area contributed by atoms with E-state index < -0.39 is 33.5 Å². The Morgan fingerprint density at radius 1 is 1.19 bits per heavy atom. The zero-order valence-electron chi connectivity index (χ0n) is 13.7. The van der Waals surface area contributed by atoms with Gasteiger partial charge in [0.2, 0.25) is 10.0 Å². The van der Waals surface area contributed by atoms with Crippen molar-refractivity contribution in [2.45, 2.75) is 38.3 Å². The molecule has 0 saturated heterocycles. The predicted octanol–water partition coefficient (Wildman–Crippen LogP) is 2.74. The molecule has 0 amide bonds. The van der Waals surface area contributed by atoms with Gasteiger partial charge in [-0.3, -0.25) is 0 Å². The van der Waals surface area contributed by atoms with E-state index in [4.69, 9.17) is 5.14 Å². The summed E-state index contributed by atoms with van der Waals surface area (Å²) in [6, 6.07) is 3.85. The molecule has 0 bridgehead atoms. The standard InChI is InChI=1S/C16H17F4N3O2S/c17-13-9-11(6-5-10(13)7-8-26(21,24)25)23-14-4-2-1-3-12(14)15(22-23)16(18,19)20/h5-6,9H,1-4,7-8H2,(H2,21,24,25). The zero-order chi connectivity index (χ0) is 19.1. The number of halogens is 4. The number of alkyl halides is 3. The molecule has 10 heteroatoms. The minimum atomic E-state index is -4.57. The van der Waals surface area contributed by atoms with E-state index >= 15 is 0 Å². The van der Waals surface area contributed by atoms with Crippen LogP contribution in [-0.2, 0) is 35.5 Å². The third kappa shape index (κ3) is 3.90. The van der Waals surface area contributed by atoms with Gasteiger partial charge in [0.15, 0.2) is 5.69 Å². The summed E-state index contributed by atoms with van der Waals surface area (Å²) in [4.78, 5) is 0. The normalized spacial score (nSPS) is 15.1. The summed E-state index contributed by atoms with van der Waals surface area (Å²) >= 11 is 0. The van der Waals surface area contributed by atoms with E-state index in [0.29, 0.717) is 25.0 Å². The molecule has 0 fully saturated rings. The monoisotopic (exact) mass is 391 g/mol. The van der Waals surface area contributed by atoms with Gasteiger partial charge < -0.3 is 0 Å². The predicted molar refractivity (Wildman–Crippen MR) is 86.8 cm³/mol. The smallest absolute Gasteiger partial charge is 0.237 e. The van der Waals surface area contributed by atoms with Crippen LogP contribution in [0.4, 0.5) is 17.6 Å². The Kier molecular flexibility index (Phi) is 4.82. The third-order valence-corrected chi connectivity index (χ3v) is 5.16. The van der Waals surface area contributed by atoms with Gasteiger partial charge in [0.1, 0.15) is 5.82 Å². The molecule has 3 rings (SSSR count). The summed E-state index contributed by atoms with van der Waals surface area (Å²) in [5.74, 6) is -1.13. The van der Waals surface area contributed by atoms with Crippen LogP contribution in [0.25, 0.3) is 5.69 Å². The number of hydrogen-bond donors (Lipinski definition) is 1. The summed E-state index contributed by atoms with van der Waals surface area (Å²) in [5, 5.41) is 8.60. The fourth-order valence-electron chi connectivity index (χ4n) is 3.16. The number of nitrogens with zero attached hydrogens (tertiary/aromatic N) is 2. The van der Waals surface area contributed by atoms with Crippen molar-refractivity contribution in [3.63, 3.8) is 0 Å². The number of primary sulfonamides is 1. The van der Waals surface area contributed by atoms with Crippen LogP contribution in [0.1, 0.15) is 35.4 Å². The van der Waals surface area contributed by atoms with Crippen molar-refractivity contribution in [2.75, 3.05) is 5.75 Å². The van der Waals surface area contributed by atoms with Crippen LogP contribution in [-0.4, -0.2) is 24.0 Å². The van der Waals surface area contributed by atoms with E-state index in [1.807, 2.05) is 0 Å². The Labute approximate surface area is 147 Å². The highest BCUT2D eigenvalue weighted by Gasteiger charge is 2.39. The molecule has 0 atom stereocenters. The molecule has 0 aliphatic heterocycles. The van der Waals surface area contributed by atoms with E-state index in [0.717, 1.165) is 17.2 Å². The molecule has 1 heterocycles. The topological polar surface area (TPSA) is 78.0 Å². The van der Waals surface area contributed by atoms with Crippen molar-refractivity contribution in [2.24, 2.45) is 5.14 Å². The minimum Gasteiger partial charge on any atom is -0.237 e. The van der Waals surface area contributed by atoms with Crippen LogP contribution >= 0.6 is 0 Å². The number of benzene rings is 1. The summed E-state index contributed by atoms with van der Waals surface area (Å²) in [7, 11) is -3.74. The van der Waals surface area contributed by atoms with Gasteiger partial charge in [-0.05, 0) is 49.8 Å². The number of aromatic nitrogens is 2. The van der Waals surface area contributed by atoms with Crippen molar-refractivity contribution >= 4 is 10.0 Å². The Bertz CT molecular complexity index is 936. The van der Waals surface area contributed by atoms with Gasteiger partial charge in [0, 0.05) is 11.3 Å². The molecule has 2 N–H and O–H groups in total. The van der Waals surface area contributed by atoms with E-state index in [9.17, 15) is 26.0 Å². The van der Waals surface area contributed by atoms with Crippen LogP contribution in [0, 0.1) is 5.82 Å². The van der Waals surface area contributed by atoms with Gasteiger partial charge in [-0.1, -0.05) is 6.07 Å². The SMILES string of the molecule is NS(=O)(=O)CCc1ccc(-n2nc(C(F)(F)F)c3c2CCCC3)cc1F. The van der Waals surface area contributed by atoms with E-state index in [1.54, 1.807) is 0 Å². The molecular weight excluding hydrogens is 374 g/mol. The average Bonchev–Trinajstić information content (AvgIpc) is 2.92. The maximum atomic E-state index is 14.3. The lowest BCUT2D eigenvalue weighted by Gasteiger charge is -2.15. The second-order valence-electron chi connectivity index (χ2n) is 6.28. The summed E-state index contributed by atoms with van der Waals surface area (Å²) in [6.45, 7) is 0. The van der Waals surface area contributed by atoms with Gasteiger partial charge in [-0.2, -0.15) is 18.3 Å². The lowest BCUT2D eigenvalue weighted by Crippen LogP contribution is -2.18. The molecule has 142 valence electrons. The van der Waals surface area contributed by atoms with Crippen LogP contribution in [0.5, 0.6) is 0 Å². The number of aryl methyl sites for hydroxylation is 1. The highest BCUT2D eigenvalue weighted by molar-refractivity contribution is 7.89. The highest BCUT2D eigenvalue weighted by atomic mass is 32.2. The lowest BCUT2D eigenvalue weighted by atomic mass is 9.95. The molecule has 1 aliphatic rings. The Morgan fingerprint density at radius 2 is 1.88 bits per heavy atom. The Morgan fingerprint density at radius 3 is 2.50 bits per heavy atom. The minimum absolute atomic E-state index is 0.115. The van der Waals surface area contributed by atoms with Crippen molar-refractivity contribution in [1.29, 1.82) is 0 Å². The molecule has 0 saturated carbocycles. The molecule has 26 heavy (non-hydrogen) atoms. The first-order chi connectivity index (χ1) is 12.1. The van der Waals surface area contributed by atoms with Crippen LogP contribution < -0.4 is 5.14 Å². The average molecular weight is 391 g/mol. The molecule has 0 unspecified atom stereocenters. The molecule has 0 spiro atoms. The summed E-state index contributed by atoms with van der Waals surface area (Å²) in [6.07, 6.45) is -2.56. The van der Waals surface area contributed by atoms with Gasteiger partial charge in [-0.15, -0.1) is 0 Å². The molecular formula is C16H17F4N3O2S. The molecule has 0 radical (unpaired) electrons. The van der Waals surface area contributed by atoms with Gasteiger partial charge in [-0.25, -0.2) is 22.6 Å². The zero-order valence-corrected chi connectivity index (χ0v) is 14.5. The largest absolute Gasteiger partial charge is 0.435 e. The highest BCUT2D eigenvalue weighted by Crippen LogP contribution is 2.36. The molecule has 1 aliphatic carbocycles. The van der Waals surface area contributed by atoms with Crippen LogP contribution in [0.2, 0.25) is 0 Å². The fraction of sp³-hybridized carbons (Fsp3) is 0.438. The Balaban J connectivity index is 1.99. The van der Waals surface area contributed by atoms with Crippen molar-refractivity contribution in [1.82, 2.24) is 9.78 Å². The maximum Gasteiger partial charge on any atom is 0.435 e. The first-order valence-electron chi connectivity index (χ1n) is 8.03. The van der Waals surface area contributed by atoms with E-state index in [-0.39, 0.29) is 23.2 Å². The number of nitrogens with two attached hydrogens (primary N) is 1. The van der Waals surface area contributed by atoms with Gasteiger partial charge in [0.25, 0.3) is 0 Å². The quantitative estimate of drug-likeness (QED) is 0.814. The second kappa shape index (κ2) is 6.66. The maximum absolute atomic E-state index is 14.3. The molecule has 2 aromatic rings. The first kappa shape index (κ1) is 18.8. The lowest BCUT2D eigenvalue weighted by molar-refractivity contribution is -0.142. The Hall–Kier alpha value is -1.94. The van der Waals surface area contributed by atoms with Crippen LogP contribution in [0.3, 0.4) is 0 Å².